The van der Waals surface area contributed by atoms with Crippen molar-refractivity contribution in [2.75, 3.05) is 6.61 Å². The van der Waals surface area contributed by atoms with Gasteiger partial charge in [-0.15, -0.1) is 0 Å². The average Bonchev–Trinajstić information content (AvgIpc) is 2.72. The molecule has 0 radical (unpaired) electrons. The van der Waals surface area contributed by atoms with E-state index in [1.807, 2.05) is 58.0 Å². The van der Waals surface area contributed by atoms with Gasteiger partial charge in [0.1, 0.15) is 11.8 Å². The Morgan fingerprint density at radius 1 is 1.09 bits per heavy atom. The molecule has 1 N–H and O–H groups in total. The third-order valence-electron chi connectivity index (χ3n) is 4.91. The van der Waals surface area contributed by atoms with Crippen LogP contribution < -0.4 is 10.1 Å². The van der Waals surface area contributed by atoms with Crippen molar-refractivity contribution in [1.82, 2.24) is 10.2 Å². The van der Waals surface area contributed by atoms with Crippen LogP contribution in [0.5, 0.6) is 5.75 Å². The van der Waals surface area contributed by atoms with E-state index in [4.69, 9.17) is 16.3 Å². The maximum atomic E-state index is 13.3. The van der Waals surface area contributed by atoms with Gasteiger partial charge in [-0.2, -0.15) is 0 Å². The van der Waals surface area contributed by atoms with Gasteiger partial charge in [-0.25, -0.2) is 0 Å². The minimum atomic E-state index is -0.619. The van der Waals surface area contributed by atoms with Crippen molar-refractivity contribution < 1.29 is 14.3 Å². The molecule has 0 spiro atoms. The molecule has 0 saturated heterocycles. The van der Waals surface area contributed by atoms with Crippen LogP contribution in [-0.2, 0) is 22.6 Å². The van der Waals surface area contributed by atoms with Crippen LogP contribution in [0.4, 0.5) is 0 Å². The zero-order valence-electron chi connectivity index (χ0n) is 19.4. The molecule has 2 aromatic rings. The molecule has 0 heterocycles. The van der Waals surface area contributed by atoms with Gasteiger partial charge in [0, 0.05) is 17.1 Å². The standard InChI is InChI=1S/C25H32BrClN2O3/c1-6-17-10-13-22(20(26)14-17)32-16-23(30)29(15-18-8-11-19(27)12-9-18)21(7-2)24(31)28-25(3,4)5/h8-14,21H,6-7,15-16H2,1-5H3,(H,28,31)/t21-/m1/s1. The fraction of sp³-hybridized carbons (Fsp3) is 0.440. The predicted octanol–water partition coefficient (Wildman–Crippen LogP) is 5.77. The van der Waals surface area contributed by atoms with Crippen molar-refractivity contribution in [2.24, 2.45) is 0 Å². The van der Waals surface area contributed by atoms with Gasteiger partial charge in [0.15, 0.2) is 6.61 Å². The van der Waals surface area contributed by atoms with E-state index in [-0.39, 0.29) is 25.0 Å². The maximum Gasteiger partial charge on any atom is 0.261 e. The normalized spacial score (nSPS) is 12.2. The molecule has 1 atom stereocenters. The molecule has 0 saturated carbocycles. The molecule has 2 amide bonds. The van der Waals surface area contributed by atoms with E-state index in [1.54, 1.807) is 17.0 Å². The number of benzene rings is 2. The molecule has 2 rings (SSSR count). The third-order valence-corrected chi connectivity index (χ3v) is 5.78. The Labute approximate surface area is 204 Å². The average molecular weight is 524 g/mol. The molecule has 7 heteroatoms. The number of aryl methyl sites for hydroxylation is 1. The largest absolute Gasteiger partial charge is 0.483 e. The predicted molar refractivity (Wildman–Crippen MR) is 133 cm³/mol. The van der Waals surface area contributed by atoms with Crippen LogP contribution in [0.25, 0.3) is 0 Å². The van der Waals surface area contributed by atoms with Gasteiger partial charge in [-0.05, 0) is 84.9 Å². The monoisotopic (exact) mass is 522 g/mol. The van der Waals surface area contributed by atoms with Crippen molar-refractivity contribution in [2.45, 2.75) is 65.6 Å². The number of ether oxygens (including phenoxy) is 1. The first kappa shape index (κ1) is 26.2. The number of carbonyl (C=O) groups excluding carboxylic acids is 2. The van der Waals surface area contributed by atoms with E-state index >= 15 is 0 Å². The molecule has 174 valence electrons. The summed E-state index contributed by atoms with van der Waals surface area (Å²) in [6.07, 6.45) is 1.39. The lowest BCUT2D eigenvalue weighted by atomic mass is 10.1. The molecule has 0 unspecified atom stereocenters. The Balaban J connectivity index is 2.24. The van der Waals surface area contributed by atoms with E-state index in [0.29, 0.717) is 17.2 Å². The lowest BCUT2D eigenvalue weighted by Crippen LogP contribution is -2.54. The number of nitrogens with zero attached hydrogens (tertiary/aromatic N) is 1. The Kier molecular flexibility index (Phi) is 9.59. The maximum absolute atomic E-state index is 13.3. The van der Waals surface area contributed by atoms with Gasteiger partial charge in [0.25, 0.3) is 5.91 Å². The van der Waals surface area contributed by atoms with Crippen molar-refractivity contribution in [3.8, 4) is 5.75 Å². The Bertz CT molecular complexity index is 926. The van der Waals surface area contributed by atoms with Crippen LogP contribution in [0.3, 0.4) is 0 Å². The second-order valence-electron chi connectivity index (χ2n) is 8.72. The molecule has 5 nitrogen and oxygen atoms in total. The van der Waals surface area contributed by atoms with Gasteiger partial charge < -0.3 is 15.0 Å². The molecule has 0 aliphatic rings. The van der Waals surface area contributed by atoms with Crippen LogP contribution in [-0.4, -0.2) is 34.9 Å². The first-order valence-electron chi connectivity index (χ1n) is 10.8. The second kappa shape index (κ2) is 11.7. The quantitative estimate of drug-likeness (QED) is 0.454. The number of amides is 2. The van der Waals surface area contributed by atoms with Gasteiger partial charge in [0.05, 0.1) is 4.47 Å². The zero-order chi connectivity index (χ0) is 23.9. The first-order chi connectivity index (χ1) is 15.0. The summed E-state index contributed by atoms with van der Waals surface area (Å²) in [5.74, 6) is 0.146. The van der Waals surface area contributed by atoms with Crippen LogP contribution in [0.15, 0.2) is 46.9 Å². The Hall–Kier alpha value is -2.05. The van der Waals surface area contributed by atoms with Crippen molar-refractivity contribution in [3.05, 3.63) is 63.1 Å². The Morgan fingerprint density at radius 2 is 1.72 bits per heavy atom. The summed E-state index contributed by atoms with van der Waals surface area (Å²) in [4.78, 5) is 27.9. The first-order valence-corrected chi connectivity index (χ1v) is 12.0. The summed E-state index contributed by atoms with van der Waals surface area (Å²) >= 11 is 9.52. The summed E-state index contributed by atoms with van der Waals surface area (Å²) in [6, 6.07) is 12.5. The molecule has 0 aliphatic carbocycles. The molecule has 32 heavy (non-hydrogen) atoms. The molecule has 0 fully saturated rings. The highest BCUT2D eigenvalue weighted by Gasteiger charge is 2.31. The molecule has 0 bridgehead atoms. The van der Waals surface area contributed by atoms with Gasteiger partial charge >= 0.3 is 0 Å². The molecular weight excluding hydrogens is 492 g/mol. The fourth-order valence-corrected chi connectivity index (χ4v) is 3.93. The van der Waals surface area contributed by atoms with E-state index < -0.39 is 11.6 Å². The summed E-state index contributed by atoms with van der Waals surface area (Å²) in [5, 5.41) is 3.61. The molecule has 0 aromatic heterocycles. The molecule has 0 aliphatic heterocycles. The van der Waals surface area contributed by atoms with Crippen molar-refractivity contribution >= 4 is 39.3 Å². The van der Waals surface area contributed by atoms with Crippen LogP contribution in [0.2, 0.25) is 5.02 Å². The van der Waals surface area contributed by atoms with Crippen LogP contribution in [0, 0.1) is 0 Å². The zero-order valence-corrected chi connectivity index (χ0v) is 21.7. The lowest BCUT2D eigenvalue weighted by molar-refractivity contribution is -0.143. The SMILES string of the molecule is CCc1ccc(OCC(=O)N(Cc2ccc(Cl)cc2)[C@H](CC)C(=O)NC(C)(C)C)c(Br)c1. The summed E-state index contributed by atoms with van der Waals surface area (Å²) in [5.41, 5.74) is 1.66. The van der Waals surface area contributed by atoms with E-state index in [2.05, 4.69) is 28.2 Å². The van der Waals surface area contributed by atoms with Crippen LogP contribution >= 0.6 is 27.5 Å². The van der Waals surface area contributed by atoms with Gasteiger partial charge in [-0.3, -0.25) is 9.59 Å². The third kappa shape index (κ3) is 7.82. The fourth-order valence-electron chi connectivity index (χ4n) is 3.26. The summed E-state index contributed by atoms with van der Waals surface area (Å²) < 4.78 is 6.62. The Morgan fingerprint density at radius 3 is 2.25 bits per heavy atom. The number of hydrogen-bond acceptors (Lipinski definition) is 3. The highest BCUT2D eigenvalue weighted by molar-refractivity contribution is 9.10. The molecular formula is C25H32BrClN2O3. The minimum absolute atomic E-state index is 0.170. The van der Waals surface area contributed by atoms with Crippen molar-refractivity contribution in [1.29, 1.82) is 0 Å². The van der Waals surface area contributed by atoms with Crippen LogP contribution in [0.1, 0.15) is 52.2 Å². The molecule has 2 aromatic carbocycles. The highest BCUT2D eigenvalue weighted by atomic mass is 79.9. The number of rotatable bonds is 9. The summed E-state index contributed by atoms with van der Waals surface area (Å²) in [7, 11) is 0. The van der Waals surface area contributed by atoms with Crippen molar-refractivity contribution in [3.63, 3.8) is 0 Å². The van der Waals surface area contributed by atoms with E-state index in [0.717, 1.165) is 16.5 Å². The number of halogens is 2. The number of hydrogen-bond donors (Lipinski definition) is 1. The van der Waals surface area contributed by atoms with E-state index in [1.165, 1.54) is 5.56 Å². The minimum Gasteiger partial charge on any atom is -0.483 e. The highest BCUT2D eigenvalue weighted by Crippen LogP contribution is 2.26. The number of carbonyl (C=O) groups is 2. The number of nitrogens with one attached hydrogen (secondary N) is 1. The lowest BCUT2D eigenvalue weighted by Gasteiger charge is -2.33. The van der Waals surface area contributed by atoms with Gasteiger partial charge in [-0.1, -0.05) is 43.6 Å². The van der Waals surface area contributed by atoms with E-state index in [9.17, 15) is 9.59 Å². The smallest absolute Gasteiger partial charge is 0.261 e. The summed E-state index contributed by atoms with van der Waals surface area (Å²) in [6.45, 7) is 9.85. The topological polar surface area (TPSA) is 58.6 Å². The second-order valence-corrected chi connectivity index (χ2v) is 10.0. The van der Waals surface area contributed by atoms with Gasteiger partial charge in [0.2, 0.25) is 5.91 Å².